The molecule has 7 nitrogen and oxygen atoms in total. The minimum Gasteiger partial charge on any atom is -0.349 e. The molecule has 1 aromatic carbocycles. The Morgan fingerprint density at radius 1 is 1.03 bits per heavy atom. The van der Waals surface area contributed by atoms with E-state index in [1.54, 1.807) is 18.0 Å². The van der Waals surface area contributed by atoms with Gasteiger partial charge in [0.05, 0.1) is 10.4 Å². The number of nitrogens with one attached hydrogen (secondary N) is 3. The van der Waals surface area contributed by atoms with Crippen molar-refractivity contribution in [1.82, 2.24) is 10.3 Å². The number of H-pyrrole nitrogens is 1. The van der Waals surface area contributed by atoms with E-state index in [2.05, 4.69) is 15.6 Å². The number of anilines is 2. The van der Waals surface area contributed by atoms with E-state index in [-0.39, 0.29) is 29.7 Å². The van der Waals surface area contributed by atoms with E-state index < -0.39 is 0 Å². The maximum atomic E-state index is 13.0. The van der Waals surface area contributed by atoms with Crippen LogP contribution in [0.15, 0.2) is 35.7 Å². The smallest absolute Gasteiger partial charge is 0.266 e. The molecule has 2 aliphatic carbocycles. The number of thiophene rings is 1. The van der Waals surface area contributed by atoms with Crippen molar-refractivity contribution < 1.29 is 14.4 Å². The average molecular weight is 465 g/mol. The molecule has 5 rings (SSSR count). The Kier molecular flexibility index (Phi) is 5.93. The lowest BCUT2D eigenvalue weighted by molar-refractivity contribution is -0.123. The fourth-order valence-corrected chi connectivity index (χ4v) is 5.16. The molecule has 2 fully saturated rings. The van der Waals surface area contributed by atoms with E-state index in [1.165, 1.54) is 17.8 Å². The van der Waals surface area contributed by atoms with Crippen molar-refractivity contribution in [3.8, 4) is 0 Å². The van der Waals surface area contributed by atoms with Gasteiger partial charge in [0.2, 0.25) is 5.91 Å². The number of hydrogen-bond acceptors (Lipinski definition) is 4. The summed E-state index contributed by atoms with van der Waals surface area (Å²) in [6.07, 6.45) is 7.25. The molecule has 3 N–H and O–H groups in total. The number of nitrogens with zero attached hydrogens (tertiary/aromatic N) is 1. The normalized spacial score (nSPS) is 16.5. The highest BCUT2D eigenvalue weighted by Gasteiger charge is 2.29. The van der Waals surface area contributed by atoms with Crippen LogP contribution in [-0.4, -0.2) is 35.8 Å². The molecule has 0 saturated heterocycles. The van der Waals surface area contributed by atoms with Crippen LogP contribution in [0, 0.1) is 5.92 Å². The predicted molar refractivity (Wildman–Crippen MR) is 131 cm³/mol. The van der Waals surface area contributed by atoms with Gasteiger partial charge in [-0.2, -0.15) is 0 Å². The van der Waals surface area contributed by atoms with E-state index in [4.69, 9.17) is 0 Å². The Balaban J connectivity index is 1.46. The van der Waals surface area contributed by atoms with E-state index in [9.17, 15) is 14.4 Å². The lowest BCUT2D eigenvalue weighted by Gasteiger charge is -2.26. The second-order valence-corrected chi connectivity index (χ2v) is 9.96. The van der Waals surface area contributed by atoms with Gasteiger partial charge >= 0.3 is 0 Å². The zero-order valence-corrected chi connectivity index (χ0v) is 19.5. The van der Waals surface area contributed by atoms with Crippen LogP contribution >= 0.6 is 11.3 Å². The van der Waals surface area contributed by atoms with Crippen LogP contribution in [0.5, 0.6) is 0 Å². The molecule has 0 radical (unpaired) electrons. The summed E-state index contributed by atoms with van der Waals surface area (Å²) in [7, 11) is 1.81. The lowest BCUT2D eigenvalue weighted by atomic mass is 9.88. The Hall–Kier alpha value is -3.13. The molecule has 2 heterocycles. The molecule has 33 heavy (non-hydrogen) atoms. The number of carbonyl (C=O) groups is 3. The molecule has 0 atom stereocenters. The first-order valence-corrected chi connectivity index (χ1v) is 12.5. The number of hydrogen-bond donors (Lipinski definition) is 3. The first-order valence-electron chi connectivity index (χ1n) is 11.6. The third kappa shape index (κ3) is 4.53. The van der Waals surface area contributed by atoms with Crippen molar-refractivity contribution in [1.29, 1.82) is 0 Å². The van der Waals surface area contributed by atoms with Crippen LogP contribution in [0.4, 0.5) is 11.5 Å². The molecule has 2 saturated carbocycles. The second kappa shape index (κ2) is 9.02. The summed E-state index contributed by atoms with van der Waals surface area (Å²) < 4.78 is 0. The van der Waals surface area contributed by atoms with Gasteiger partial charge in [0.25, 0.3) is 11.8 Å². The zero-order chi connectivity index (χ0) is 22.9. The summed E-state index contributed by atoms with van der Waals surface area (Å²) in [6.45, 7) is 0. The van der Waals surface area contributed by atoms with E-state index in [0.29, 0.717) is 21.8 Å². The van der Waals surface area contributed by atoms with Crippen molar-refractivity contribution in [2.24, 2.45) is 5.92 Å². The number of benzene rings is 1. The zero-order valence-electron chi connectivity index (χ0n) is 18.6. The fraction of sp³-hybridized carbons (Fsp3) is 0.400. The van der Waals surface area contributed by atoms with Crippen LogP contribution in [0.25, 0.3) is 10.9 Å². The molecule has 3 aromatic rings. The van der Waals surface area contributed by atoms with Gasteiger partial charge in [-0.05, 0) is 55.3 Å². The van der Waals surface area contributed by atoms with Crippen LogP contribution < -0.4 is 15.5 Å². The first-order chi connectivity index (χ1) is 16.0. The van der Waals surface area contributed by atoms with Gasteiger partial charge in [-0.3, -0.25) is 14.4 Å². The van der Waals surface area contributed by atoms with Gasteiger partial charge in [0, 0.05) is 35.6 Å². The number of amides is 3. The molecule has 2 aliphatic rings. The number of aromatic nitrogens is 1. The summed E-state index contributed by atoms with van der Waals surface area (Å²) in [5, 5.41) is 8.46. The highest BCUT2D eigenvalue weighted by molar-refractivity contribution is 7.12. The third-order valence-corrected chi connectivity index (χ3v) is 7.45. The predicted octanol–water partition coefficient (Wildman–Crippen LogP) is 4.92. The van der Waals surface area contributed by atoms with Crippen molar-refractivity contribution in [3.63, 3.8) is 0 Å². The Bertz CT molecular complexity index is 1190. The van der Waals surface area contributed by atoms with Gasteiger partial charge in [-0.25, -0.2) is 0 Å². The molecule has 2 aromatic heterocycles. The number of rotatable bonds is 6. The van der Waals surface area contributed by atoms with E-state index >= 15 is 0 Å². The maximum Gasteiger partial charge on any atom is 0.266 e. The summed E-state index contributed by atoms with van der Waals surface area (Å²) in [5.74, 6) is 0.119. The summed E-state index contributed by atoms with van der Waals surface area (Å²) in [6, 6.07) is 9.37. The minimum atomic E-state index is -0.262. The van der Waals surface area contributed by atoms with Gasteiger partial charge in [-0.15, -0.1) is 11.3 Å². The lowest BCUT2D eigenvalue weighted by Crippen LogP contribution is -2.33. The molecule has 0 spiro atoms. The summed E-state index contributed by atoms with van der Waals surface area (Å²) in [5.41, 5.74) is 1.90. The Morgan fingerprint density at radius 3 is 2.52 bits per heavy atom. The second-order valence-electron chi connectivity index (χ2n) is 9.02. The number of aromatic amines is 1. The average Bonchev–Trinajstić information content (AvgIpc) is 3.33. The molecule has 8 heteroatoms. The molecular weight excluding hydrogens is 436 g/mol. The van der Waals surface area contributed by atoms with Crippen LogP contribution in [0.3, 0.4) is 0 Å². The topological polar surface area (TPSA) is 94.3 Å². The molecule has 0 bridgehead atoms. The Labute approximate surface area is 196 Å². The van der Waals surface area contributed by atoms with Crippen LogP contribution in [0.1, 0.15) is 65.0 Å². The fourth-order valence-electron chi connectivity index (χ4n) is 4.54. The van der Waals surface area contributed by atoms with Crippen molar-refractivity contribution in [2.75, 3.05) is 17.3 Å². The van der Waals surface area contributed by atoms with Crippen molar-refractivity contribution in [3.05, 3.63) is 46.2 Å². The highest BCUT2D eigenvalue weighted by Crippen LogP contribution is 2.33. The number of fused-ring (bicyclic) bond motifs is 1. The quantitative estimate of drug-likeness (QED) is 0.483. The summed E-state index contributed by atoms with van der Waals surface area (Å²) in [4.78, 5) is 44.3. The molecule has 0 unspecified atom stereocenters. The standard InChI is InChI=1S/C25H28N4O3S/c1-29(25(32)15-6-3-2-4-7-15)17-11-12-18-19(14-17)27-22(21(18)24(31)26-16-9-10-16)28-23(30)20-8-5-13-33-20/h5,8,11-16,27H,2-4,6-7,9-10H2,1H3,(H,26,31)(H,28,30). The molecule has 3 amide bonds. The molecule has 0 aliphatic heterocycles. The van der Waals surface area contributed by atoms with Gasteiger partial charge in [-0.1, -0.05) is 25.3 Å². The molecular formula is C25H28N4O3S. The van der Waals surface area contributed by atoms with Crippen LogP contribution in [-0.2, 0) is 4.79 Å². The first kappa shape index (κ1) is 21.7. The van der Waals surface area contributed by atoms with Crippen molar-refractivity contribution >= 4 is 51.5 Å². The van der Waals surface area contributed by atoms with Crippen molar-refractivity contribution in [2.45, 2.75) is 51.0 Å². The number of carbonyl (C=O) groups excluding carboxylic acids is 3. The maximum absolute atomic E-state index is 13.0. The van der Waals surface area contributed by atoms with Gasteiger partial charge in [0.1, 0.15) is 5.82 Å². The van der Waals surface area contributed by atoms with E-state index in [1.807, 2.05) is 29.6 Å². The highest BCUT2D eigenvalue weighted by atomic mass is 32.1. The Morgan fingerprint density at radius 2 is 1.82 bits per heavy atom. The largest absolute Gasteiger partial charge is 0.349 e. The molecule has 172 valence electrons. The van der Waals surface area contributed by atoms with Gasteiger partial charge < -0.3 is 20.5 Å². The monoisotopic (exact) mass is 464 g/mol. The third-order valence-electron chi connectivity index (χ3n) is 6.58. The van der Waals surface area contributed by atoms with Crippen LogP contribution in [0.2, 0.25) is 0 Å². The summed E-state index contributed by atoms with van der Waals surface area (Å²) >= 11 is 1.34. The van der Waals surface area contributed by atoms with Gasteiger partial charge in [0.15, 0.2) is 0 Å². The van der Waals surface area contributed by atoms with E-state index in [0.717, 1.165) is 49.6 Å². The minimum absolute atomic E-state index is 0.0728. The SMILES string of the molecule is CN(C(=O)C1CCCCC1)c1ccc2c(C(=O)NC3CC3)c(NC(=O)c3cccs3)[nH]c2c1.